The molecule has 0 unspecified atom stereocenters. The van der Waals surface area contributed by atoms with Crippen LogP contribution in [0.2, 0.25) is 0 Å². The highest BCUT2D eigenvalue weighted by atomic mass is 15.0. The zero-order chi connectivity index (χ0) is 15.3. The second-order valence-corrected chi connectivity index (χ2v) is 6.56. The fourth-order valence-corrected chi connectivity index (χ4v) is 4.50. The molecular formula is C20H17N3. The summed E-state index contributed by atoms with van der Waals surface area (Å²) in [6.07, 6.45) is 8.24. The van der Waals surface area contributed by atoms with Crippen LogP contribution in [0.15, 0.2) is 55.1 Å². The molecule has 112 valence electrons. The van der Waals surface area contributed by atoms with Crippen LogP contribution in [0.1, 0.15) is 36.8 Å². The first kappa shape index (κ1) is 12.9. The van der Waals surface area contributed by atoms with Gasteiger partial charge in [0.05, 0.1) is 0 Å². The minimum absolute atomic E-state index is 0.203. The summed E-state index contributed by atoms with van der Waals surface area (Å²) in [5.41, 5.74) is 7.07. The maximum absolute atomic E-state index is 4.32. The molecule has 3 heteroatoms. The Labute approximate surface area is 135 Å². The number of rotatable bonds is 1. The second-order valence-electron chi connectivity index (χ2n) is 6.56. The largest absolute Gasteiger partial charge is 0.225 e. The molecule has 1 spiro atoms. The van der Waals surface area contributed by atoms with E-state index in [1.807, 2.05) is 0 Å². The van der Waals surface area contributed by atoms with E-state index in [1.165, 1.54) is 47.9 Å². The number of nitrogens with zero attached hydrogens (tertiary/aromatic N) is 3. The Bertz CT molecular complexity index is 880. The molecule has 2 aliphatic rings. The molecular weight excluding hydrogens is 282 g/mol. The minimum Gasteiger partial charge on any atom is -0.225 e. The Kier molecular flexibility index (Phi) is 2.66. The maximum Gasteiger partial charge on any atom is 0.162 e. The van der Waals surface area contributed by atoms with Crippen molar-refractivity contribution in [1.82, 2.24) is 15.0 Å². The number of aromatic nitrogens is 3. The van der Waals surface area contributed by atoms with Crippen LogP contribution in [-0.2, 0) is 5.41 Å². The highest BCUT2D eigenvalue weighted by Crippen LogP contribution is 2.57. The van der Waals surface area contributed by atoms with Crippen LogP contribution in [0.3, 0.4) is 0 Å². The van der Waals surface area contributed by atoms with Gasteiger partial charge >= 0.3 is 0 Å². The standard InChI is InChI=1S/C20H17N3/c1-2-6-17-15(5-1)16-8-7-14(19-22-12-21-13-23-19)11-18(16)20(17)9-3-4-10-20/h1-2,5-8,11-13H,3-4,9-10H2. The summed E-state index contributed by atoms with van der Waals surface area (Å²) in [5, 5.41) is 0. The Balaban J connectivity index is 1.76. The van der Waals surface area contributed by atoms with E-state index in [2.05, 4.69) is 57.4 Å². The predicted octanol–water partition coefficient (Wildman–Crippen LogP) is 4.38. The predicted molar refractivity (Wildman–Crippen MR) is 89.9 cm³/mol. The molecule has 23 heavy (non-hydrogen) atoms. The van der Waals surface area contributed by atoms with E-state index in [4.69, 9.17) is 0 Å². The summed E-state index contributed by atoms with van der Waals surface area (Å²) in [6, 6.07) is 15.6. The van der Waals surface area contributed by atoms with E-state index >= 15 is 0 Å². The Morgan fingerprint density at radius 1 is 0.783 bits per heavy atom. The van der Waals surface area contributed by atoms with Crippen molar-refractivity contribution in [2.75, 3.05) is 0 Å². The highest BCUT2D eigenvalue weighted by Gasteiger charge is 2.44. The van der Waals surface area contributed by atoms with Crippen LogP contribution in [-0.4, -0.2) is 15.0 Å². The van der Waals surface area contributed by atoms with Gasteiger partial charge in [-0.1, -0.05) is 49.2 Å². The number of fused-ring (bicyclic) bond motifs is 5. The Hall–Kier alpha value is -2.55. The smallest absolute Gasteiger partial charge is 0.162 e. The van der Waals surface area contributed by atoms with Crippen molar-refractivity contribution < 1.29 is 0 Å². The molecule has 1 aromatic heterocycles. The summed E-state index contributed by atoms with van der Waals surface area (Å²) in [6.45, 7) is 0. The van der Waals surface area contributed by atoms with Crippen LogP contribution < -0.4 is 0 Å². The fraction of sp³-hybridized carbons (Fsp3) is 0.250. The van der Waals surface area contributed by atoms with Gasteiger partial charge in [0.15, 0.2) is 5.82 Å². The summed E-state index contributed by atoms with van der Waals surface area (Å²) in [5.74, 6) is 0.756. The van der Waals surface area contributed by atoms with Gasteiger partial charge < -0.3 is 0 Å². The monoisotopic (exact) mass is 299 g/mol. The summed E-state index contributed by atoms with van der Waals surface area (Å²) >= 11 is 0. The summed E-state index contributed by atoms with van der Waals surface area (Å²) in [7, 11) is 0. The van der Waals surface area contributed by atoms with E-state index < -0.39 is 0 Å². The normalized spacial score (nSPS) is 17.2. The molecule has 1 fully saturated rings. The van der Waals surface area contributed by atoms with Crippen LogP contribution in [0, 0.1) is 0 Å². The first-order chi connectivity index (χ1) is 11.4. The second kappa shape index (κ2) is 4.72. The first-order valence-electron chi connectivity index (χ1n) is 8.25. The lowest BCUT2D eigenvalue weighted by molar-refractivity contribution is 0.550. The minimum atomic E-state index is 0.203. The highest BCUT2D eigenvalue weighted by molar-refractivity contribution is 5.83. The number of hydrogen-bond donors (Lipinski definition) is 0. The van der Waals surface area contributed by atoms with Crippen molar-refractivity contribution in [2.24, 2.45) is 0 Å². The number of hydrogen-bond acceptors (Lipinski definition) is 3. The van der Waals surface area contributed by atoms with Crippen LogP contribution in [0.25, 0.3) is 22.5 Å². The van der Waals surface area contributed by atoms with Gasteiger partial charge in [0.2, 0.25) is 0 Å². The Morgan fingerprint density at radius 2 is 1.52 bits per heavy atom. The molecule has 1 heterocycles. The van der Waals surface area contributed by atoms with E-state index in [9.17, 15) is 0 Å². The van der Waals surface area contributed by atoms with Crippen molar-refractivity contribution in [3.05, 3.63) is 66.2 Å². The lowest BCUT2D eigenvalue weighted by Gasteiger charge is -2.26. The lowest BCUT2D eigenvalue weighted by Crippen LogP contribution is -2.20. The van der Waals surface area contributed by atoms with Gasteiger partial charge in [-0.2, -0.15) is 0 Å². The SMILES string of the molecule is c1ccc2c(c1)-c1ccc(-c3ncncn3)cc1C21CCCC1. The molecule has 5 rings (SSSR count). The van der Waals surface area contributed by atoms with Crippen LogP contribution >= 0.6 is 0 Å². The molecule has 3 aromatic rings. The third-order valence-corrected chi connectivity index (χ3v) is 5.48. The third kappa shape index (κ3) is 1.73. The number of benzene rings is 2. The molecule has 1 saturated carbocycles. The van der Waals surface area contributed by atoms with E-state index in [1.54, 1.807) is 12.7 Å². The molecule has 0 amide bonds. The molecule has 2 aromatic carbocycles. The van der Waals surface area contributed by atoms with Gasteiger partial charge in [0.25, 0.3) is 0 Å². The molecule has 0 aliphatic heterocycles. The van der Waals surface area contributed by atoms with Crippen LogP contribution in [0.4, 0.5) is 0 Å². The average Bonchev–Trinajstić information content (AvgIpc) is 3.22. The van der Waals surface area contributed by atoms with Crippen molar-refractivity contribution >= 4 is 0 Å². The Morgan fingerprint density at radius 3 is 2.35 bits per heavy atom. The van der Waals surface area contributed by atoms with Crippen LogP contribution in [0.5, 0.6) is 0 Å². The van der Waals surface area contributed by atoms with Gasteiger partial charge in [-0.05, 0) is 41.2 Å². The summed E-state index contributed by atoms with van der Waals surface area (Å²) in [4.78, 5) is 12.6. The van der Waals surface area contributed by atoms with Crippen molar-refractivity contribution in [3.8, 4) is 22.5 Å². The molecule has 0 N–H and O–H groups in total. The molecule has 3 nitrogen and oxygen atoms in total. The van der Waals surface area contributed by atoms with Gasteiger partial charge in [-0.25, -0.2) is 15.0 Å². The molecule has 2 aliphatic carbocycles. The van der Waals surface area contributed by atoms with Gasteiger partial charge in [0, 0.05) is 11.0 Å². The third-order valence-electron chi connectivity index (χ3n) is 5.48. The maximum atomic E-state index is 4.32. The molecule has 0 bridgehead atoms. The van der Waals surface area contributed by atoms with Gasteiger partial charge in [0.1, 0.15) is 12.7 Å². The first-order valence-corrected chi connectivity index (χ1v) is 8.25. The van der Waals surface area contributed by atoms with Crippen molar-refractivity contribution in [2.45, 2.75) is 31.1 Å². The summed E-state index contributed by atoms with van der Waals surface area (Å²) < 4.78 is 0. The van der Waals surface area contributed by atoms with Gasteiger partial charge in [-0.15, -0.1) is 0 Å². The zero-order valence-electron chi connectivity index (χ0n) is 12.9. The molecule has 0 atom stereocenters. The van der Waals surface area contributed by atoms with E-state index in [0.29, 0.717) is 0 Å². The topological polar surface area (TPSA) is 38.7 Å². The van der Waals surface area contributed by atoms with E-state index in [0.717, 1.165) is 11.4 Å². The fourth-order valence-electron chi connectivity index (χ4n) is 4.50. The quantitative estimate of drug-likeness (QED) is 0.669. The lowest BCUT2D eigenvalue weighted by atomic mass is 9.76. The van der Waals surface area contributed by atoms with E-state index in [-0.39, 0.29) is 5.41 Å². The van der Waals surface area contributed by atoms with Gasteiger partial charge in [-0.3, -0.25) is 0 Å². The molecule has 0 radical (unpaired) electrons. The molecule has 0 saturated heterocycles. The zero-order valence-corrected chi connectivity index (χ0v) is 12.9. The average molecular weight is 299 g/mol. The van der Waals surface area contributed by atoms with Crippen molar-refractivity contribution in [3.63, 3.8) is 0 Å². The van der Waals surface area contributed by atoms with Crippen molar-refractivity contribution in [1.29, 1.82) is 0 Å².